The van der Waals surface area contributed by atoms with Crippen molar-refractivity contribution >= 4 is 11.6 Å². The maximum atomic E-state index is 9.43. The largest absolute Gasteiger partial charge is 0.396 e. The molecule has 1 aliphatic carbocycles. The molecule has 3 unspecified atom stereocenters. The van der Waals surface area contributed by atoms with E-state index in [1.807, 2.05) is 18.2 Å². The van der Waals surface area contributed by atoms with Crippen molar-refractivity contribution in [3.8, 4) is 0 Å². The molecule has 0 bridgehead atoms. The molecule has 2 nitrogen and oxygen atoms in total. The molecule has 1 aromatic rings. The highest BCUT2D eigenvalue weighted by atomic mass is 35.5. The summed E-state index contributed by atoms with van der Waals surface area (Å²) in [5.41, 5.74) is 1.14. The topological polar surface area (TPSA) is 32.3 Å². The molecule has 1 aliphatic rings. The van der Waals surface area contributed by atoms with Crippen molar-refractivity contribution in [3.63, 3.8) is 0 Å². The summed E-state index contributed by atoms with van der Waals surface area (Å²) in [6.45, 7) is 2.43. The number of halogens is 1. The van der Waals surface area contributed by atoms with Gasteiger partial charge in [0.1, 0.15) is 0 Å². The molecule has 2 N–H and O–H groups in total. The summed E-state index contributed by atoms with van der Waals surface area (Å²) in [6, 6.07) is 8.61. The minimum absolute atomic E-state index is 0.232. The minimum Gasteiger partial charge on any atom is -0.396 e. The monoisotopic (exact) mass is 267 g/mol. The van der Waals surface area contributed by atoms with Gasteiger partial charge in [-0.1, -0.05) is 42.6 Å². The summed E-state index contributed by atoms with van der Waals surface area (Å²) in [7, 11) is 0. The van der Waals surface area contributed by atoms with E-state index in [-0.39, 0.29) is 12.6 Å². The van der Waals surface area contributed by atoms with Gasteiger partial charge >= 0.3 is 0 Å². The van der Waals surface area contributed by atoms with E-state index < -0.39 is 0 Å². The van der Waals surface area contributed by atoms with Gasteiger partial charge in [0.05, 0.1) is 0 Å². The van der Waals surface area contributed by atoms with Crippen LogP contribution < -0.4 is 5.32 Å². The molecule has 1 saturated carbocycles. The van der Waals surface area contributed by atoms with Crippen molar-refractivity contribution in [2.75, 3.05) is 6.61 Å². The molecule has 1 fully saturated rings. The molecule has 0 heterocycles. The van der Waals surface area contributed by atoms with Crippen LogP contribution in [0.1, 0.15) is 44.2 Å². The van der Waals surface area contributed by atoms with E-state index in [1.54, 1.807) is 0 Å². The van der Waals surface area contributed by atoms with Gasteiger partial charge in [0, 0.05) is 23.7 Å². The summed E-state index contributed by atoms with van der Waals surface area (Å²) in [4.78, 5) is 0. The first kappa shape index (κ1) is 13.9. The number of benzene rings is 1. The second-order valence-corrected chi connectivity index (χ2v) is 5.65. The van der Waals surface area contributed by atoms with Crippen molar-refractivity contribution < 1.29 is 5.11 Å². The van der Waals surface area contributed by atoms with Crippen LogP contribution in [0.25, 0.3) is 0 Å². The zero-order chi connectivity index (χ0) is 13.0. The SMILES string of the molecule is CC(NC1CCCCC1CO)c1ccccc1Cl. The standard InChI is InChI=1S/C15H22ClNO/c1-11(13-7-3-4-8-14(13)16)17-15-9-5-2-6-12(15)10-18/h3-4,7-8,11-12,15,17-18H,2,5-6,9-10H2,1H3. The lowest BCUT2D eigenvalue weighted by atomic mass is 9.84. The third kappa shape index (κ3) is 3.25. The molecular formula is C15H22ClNO. The fourth-order valence-electron chi connectivity index (χ4n) is 2.88. The number of hydrogen-bond donors (Lipinski definition) is 2. The Morgan fingerprint density at radius 2 is 2.06 bits per heavy atom. The molecule has 2 rings (SSSR count). The lowest BCUT2D eigenvalue weighted by molar-refractivity contribution is 0.147. The molecule has 1 aromatic carbocycles. The van der Waals surface area contributed by atoms with E-state index in [4.69, 9.17) is 11.6 Å². The zero-order valence-corrected chi connectivity index (χ0v) is 11.7. The molecule has 0 amide bonds. The molecule has 0 radical (unpaired) electrons. The van der Waals surface area contributed by atoms with E-state index >= 15 is 0 Å². The highest BCUT2D eigenvalue weighted by Gasteiger charge is 2.26. The van der Waals surface area contributed by atoms with Crippen molar-refractivity contribution in [2.24, 2.45) is 5.92 Å². The third-order valence-electron chi connectivity index (χ3n) is 3.98. The van der Waals surface area contributed by atoms with Gasteiger partial charge in [-0.2, -0.15) is 0 Å². The van der Waals surface area contributed by atoms with Gasteiger partial charge in [-0.25, -0.2) is 0 Å². The molecule has 0 aromatic heterocycles. The first-order valence-corrected chi connectivity index (χ1v) is 7.21. The van der Waals surface area contributed by atoms with E-state index in [2.05, 4.69) is 18.3 Å². The van der Waals surface area contributed by atoms with Crippen LogP contribution in [0.3, 0.4) is 0 Å². The van der Waals surface area contributed by atoms with E-state index in [0.717, 1.165) is 23.4 Å². The Morgan fingerprint density at radius 1 is 1.33 bits per heavy atom. The Morgan fingerprint density at radius 3 is 2.78 bits per heavy atom. The molecule has 18 heavy (non-hydrogen) atoms. The Hall–Kier alpha value is -0.570. The molecule has 0 spiro atoms. The lowest BCUT2D eigenvalue weighted by Gasteiger charge is -2.33. The van der Waals surface area contributed by atoms with Crippen LogP contribution in [0.4, 0.5) is 0 Å². The molecular weight excluding hydrogens is 246 g/mol. The number of rotatable bonds is 4. The van der Waals surface area contributed by atoms with Gasteiger partial charge in [0.25, 0.3) is 0 Å². The summed E-state index contributed by atoms with van der Waals surface area (Å²) in [6.07, 6.45) is 4.77. The lowest BCUT2D eigenvalue weighted by Crippen LogP contribution is -2.41. The summed E-state index contributed by atoms with van der Waals surface area (Å²) >= 11 is 6.22. The summed E-state index contributed by atoms with van der Waals surface area (Å²) in [5, 5.41) is 13.9. The van der Waals surface area contributed by atoms with E-state index in [1.165, 1.54) is 12.8 Å². The fourth-order valence-corrected chi connectivity index (χ4v) is 3.18. The Labute approximate surface area is 114 Å². The van der Waals surface area contributed by atoms with Crippen LogP contribution in [0.2, 0.25) is 5.02 Å². The normalized spacial score (nSPS) is 25.9. The smallest absolute Gasteiger partial charge is 0.0474 e. The van der Waals surface area contributed by atoms with Crippen LogP contribution in [-0.4, -0.2) is 17.8 Å². The molecule has 0 aliphatic heterocycles. The fraction of sp³-hybridized carbons (Fsp3) is 0.600. The highest BCUT2D eigenvalue weighted by Crippen LogP contribution is 2.28. The first-order valence-electron chi connectivity index (χ1n) is 6.83. The van der Waals surface area contributed by atoms with Gasteiger partial charge in [-0.05, 0) is 37.3 Å². The molecule has 100 valence electrons. The second-order valence-electron chi connectivity index (χ2n) is 5.24. The van der Waals surface area contributed by atoms with Crippen molar-refractivity contribution in [1.82, 2.24) is 5.32 Å². The number of hydrogen-bond acceptors (Lipinski definition) is 2. The van der Waals surface area contributed by atoms with Crippen LogP contribution in [0.5, 0.6) is 0 Å². The number of aliphatic hydroxyl groups is 1. The van der Waals surface area contributed by atoms with Crippen LogP contribution >= 0.6 is 11.6 Å². The maximum Gasteiger partial charge on any atom is 0.0474 e. The van der Waals surface area contributed by atoms with E-state index in [9.17, 15) is 5.11 Å². The van der Waals surface area contributed by atoms with Gasteiger partial charge in [0.15, 0.2) is 0 Å². The Bertz CT molecular complexity index is 383. The van der Waals surface area contributed by atoms with Crippen molar-refractivity contribution in [2.45, 2.75) is 44.7 Å². The third-order valence-corrected chi connectivity index (χ3v) is 4.32. The van der Waals surface area contributed by atoms with Gasteiger partial charge in [0.2, 0.25) is 0 Å². The van der Waals surface area contributed by atoms with E-state index in [0.29, 0.717) is 12.0 Å². The average molecular weight is 268 g/mol. The van der Waals surface area contributed by atoms with Crippen LogP contribution in [-0.2, 0) is 0 Å². The number of nitrogens with one attached hydrogen (secondary N) is 1. The van der Waals surface area contributed by atoms with Crippen LogP contribution in [0.15, 0.2) is 24.3 Å². The summed E-state index contributed by atoms with van der Waals surface area (Å²) < 4.78 is 0. The minimum atomic E-state index is 0.232. The van der Waals surface area contributed by atoms with Gasteiger partial charge < -0.3 is 10.4 Å². The van der Waals surface area contributed by atoms with Crippen LogP contribution in [0, 0.1) is 5.92 Å². The Kier molecular flexibility index (Phi) is 5.04. The maximum absolute atomic E-state index is 9.43. The average Bonchev–Trinajstić information content (AvgIpc) is 2.39. The quantitative estimate of drug-likeness (QED) is 0.875. The first-order chi connectivity index (χ1) is 8.72. The summed E-state index contributed by atoms with van der Waals surface area (Å²) in [5.74, 6) is 0.392. The predicted molar refractivity (Wildman–Crippen MR) is 75.8 cm³/mol. The molecule has 3 heteroatoms. The zero-order valence-electron chi connectivity index (χ0n) is 10.9. The second kappa shape index (κ2) is 6.55. The molecule has 3 atom stereocenters. The highest BCUT2D eigenvalue weighted by molar-refractivity contribution is 6.31. The predicted octanol–water partition coefficient (Wildman–Crippen LogP) is 3.54. The van der Waals surface area contributed by atoms with Gasteiger partial charge in [-0.15, -0.1) is 0 Å². The van der Waals surface area contributed by atoms with Crippen molar-refractivity contribution in [1.29, 1.82) is 0 Å². The van der Waals surface area contributed by atoms with Crippen molar-refractivity contribution in [3.05, 3.63) is 34.9 Å². The molecule has 0 saturated heterocycles. The van der Waals surface area contributed by atoms with Gasteiger partial charge in [-0.3, -0.25) is 0 Å². The Balaban J connectivity index is 2.02. The number of aliphatic hydroxyl groups excluding tert-OH is 1.